The number of halogens is 2. The van der Waals surface area contributed by atoms with E-state index in [0.717, 1.165) is 5.56 Å². The molecule has 0 saturated carbocycles. The quantitative estimate of drug-likeness (QED) is 0.517. The molecule has 2 aromatic carbocycles. The Morgan fingerprint density at radius 2 is 1.92 bits per heavy atom. The summed E-state index contributed by atoms with van der Waals surface area (Å²) < 4.78 is 20.4. The highest BCUT2D eigenvalue weighted by Gasteiger charge is 2.15. The second-order valence-corrected chi connectivity index (χ2v) is 6.12. The van der Waals surface area contributed by atoms with E-state index in [2.05, 4.69) is 19.9 Å². The van der Waals surface area contributed by atoms with Crippen LogP contribution in [0.4, 0.5) is 4.39 Å². The molecule has 7 heteroatoms. The van der Waals surface area contributed by atoms with Crippen LogP contribution in [0, 0.1) is 5.82 Å². The SMILES string of the molecule is CC(Oc1ccc(-c2nc3ncnc(Cl)c3[nH]2)c(F)c1)c1ccccc1. The van der Waals surface area contributed by atoms with Crippen LogP contribution < -0.4 is 4.74 Å². The lowest BCUT2D eigenvalue weighted by atomic mass is 10.1. The Labute approximate surface area is 153 Å². The van der Waals surface area contributed by atoms with Crippen molar-refractivity contribution in [3.05, 3.63) is 71.4 Å². The topological polar surface area (TPSA) is 63.7 Å². The molecule has 130 valence electrons. The number of hydrogen-bond donors (Lipinski definition) is 1. The second-order valence-electron chi connectivity index (χ2n) is 5.76. The molecule has 0 aliphatic heterocycles. The molecule has 26 heavy (non-hydrogen) atoms. The van der Waals surface area contributed by atoms with Crippen LogP contribution in [0.1, 0.15) is 18.6 Å². The van der Waals surface area contributed by atoms with Crippen molar-refractivity contribution >= 4 is 22.8 Å². The van der Waals surface area contributed by atoms with Gasteiger partial charge < -0.3 is 9.72 Å². The van der Waals surface area contributed by atoms with Crippen LogP contribution >= 0.6 is 11.6 Å². The highest BCUT2D eigenvalue weighted by molar-refractivity contribution is 6.33. The Kier molecular flexibility index (Phi) is 4.26. The molecule has 1 N–H and O–H groups in total. The summed E-state index contributed by atoms with van der Waals surface area (Å²) >= 11 is 6.00. The van der Waals surface area contributed by atoms with Gasteiger partial charge in [0.1, 0.15) is 35.3 Å². The van der Waals surface area contributed by atoms with E-state index in [1.54, 1.807) is 12.1 Å². The fourth-order valence-electron chi connectivity index (χ4n) is 2.69. The number of aromatic amines is 1. The Bertz CT molecular complexity index is 1070. The third-order valence-electron chi connectivity index (χ3n) is 4.02. The van der Waals surface area contributed by atoms with Crippen molar-refractivity contribution in [3.63, 3.8) is 0 Å². The lowest BCUT2D eigenvalue weighted by Crippen LogP contribution is -2.03. The molecule has 0 amide bonds. The molecule has 0 spiro atoms. The van der Waals surface area contributed by atoms with E-state index in [4.69, 9.17) is 16.3 Å². The number of aromatic nitrogens is 4. The van der Waals surface area contributed by atoms with Crippen molar-refractivity contribution in [1.29, 1.82) is 0 Å². The Morgan fingerprint density at radius 1 is 1.12 bits per heavy atom. The Hall–Kier alpha value is -2.99. The molecule has 0 saturated heterocycles. The first kappa shape index (κ1) is 16.5. The molecule has 1 unspecified atom stereocenters. The summed E-state index contributed by atoms with van der Waals surface area (Å²) in [6.45, 7) is 1.92. The number of nitrogens with one attached hydrogen (secondary N) is 1. The van der Waals surface area contributed by atoms with Crippen LogP contribution in [-0.2, 0) is 0 Å². The van der Waals surface area contributed by atoms with Crippen molar-refractivity contribution in [2.24, 2.45) is 0 Å². The third kappa shape index (κ3) is 3.11. The number of H-pyrrole nitrogens is 1. The van der Waals surface area contributed by atoms with Gasteiger partial charge in [-0.15, -0.1) is 0 Å². The van der Waals surface area contributed by atoms with E-state index in [1.165, 1.54) is 12.4 Å². The Balaban J connectivity index is 1.62. The smallest absolute Gasteiger partial charge is 0.182 e. The molecular formula is C19H14ClFN4O. The van der Waals surface area contributed by atoms with E-state index in [1.807, 2.05) is 37.3 Å². The first-order valence-electron chi connectivity index (χ1n) is 7.99. The maximum absolute atomic E-state index is 14.6. The summed E-state index contributed by atoms with van der Waals surface area (Å²) in [6.07, 6.45) is 1.12. The molecule has 2 aromatic heterocycles. The van der Waals surface area contributed by atoms with Crippen LogP contribution in [-0.4, -0.2) is 19.9 Å². The number of ether oxygens (including phenoxy) is 1. The van der Waals surface area contributed by atoms with Gasteiger partial charge in [0.05, 0.1) is 5.56 Å². The second kappa shape index (κ2) is 6.72. The van der Waals surface area contributed by atoms with Crippen molar-refractivity contribution in [3.8, 4) is 17.1 Å². The van der Waals surface area contributed by atoms with Crippen molar-refractivity contribution in [2.45, 2.75) is 13.0 Å². The minimum Gasteiger partial charge on any atom is -0.486 e. The molecular weight excluding hydrogens is 355 g/mol. The summed E-state index contributed by atoms with van der Waals surface area (Å²) in [5.74, 6) is 0.324. The number of fused-ring (bicyclic) bond motifs is 1. The number of imidazole rings is 1. The van der Waals surface area contributed by atoms with Gasteiger partial charge in [0.25, 0.3) is 0 Å². The van der Waals surface area contributed by atoms with E-state index in [0.29, 0.717) is 28.3 Å². The zero-order valence-corrected chi connectivity index (χ0v) is 14.5. The van der Waals surface area contributed by atoms with Crippen LogP contribution in [0.3, 0.4) is 0 Å². The predicted octanol–water partition coefficient (Wildman–Crippen LogP) is 4.95. The van der Waals surface area contributed by atoms with Crippen molar-refractivity contribution in [2.75, 3.05) is 0 Å². The molecule has 0 radical (unpaired) electrons. The van der Waals surface area contributed by atoms with E-state index in [-0.39, 0.29) is 11.3 Å². The van der Waals surface area contributed by atoms with Gasteiger partial charge in [0, 0.05) is 6.07 Å². The minimum absolute atomic E-state index is 0.193. The van der Waals surface area contributed by atoms with Gasteiger partial charge in [0.2, 0.25) is 0 Å². The van der Waals surface area contributed by atoms with Crippen molar-refractivity contribution in [1.82, 2.24) is 19.9 Å². The normalized spacial score (nSPS) is 12.3. The summed E-state index contributed by atoms with van der Waals surface area (Å²) in [5.41, 5.74) is 2.18. The fraction of sp³-hybridized carbons (Fsp3) is 0.105. The Morgan fingerprint density at radius 3 is 2.65 bits per heavy atom. The molecule has 4 aromatic rings. The van der Waals surface area contributed by atoms with Gasteiger partial charge in [-0.1, -0.05) is 41.9 Å². The number of hydrogen-bond acceptors (Lipinski definition) is 4. The molecule has 0 aliphatic rings. The molecule has 2 heterocycles. The largest absolute Gasteiger partial charge is 0.486 e. The average molecular weight is 369 g/mol. The molecule has 0 aliphatic carbocycles. The zero-order chi connectivity index (χ0) is 18.1. The van der Waals surface area contributed by atoms with Crippen LogP contribution in [0.25, 0.3) is 22.6 Å². The summed E-state index contributed by atoms with van der Waals surface area (Å²) in [7, 11) is 0. The van der Waals surface area contributed by atoms with Crippen LogP contribution in [0.5, 0.6) is 5.75 Å². The summed E-state index contributed by atoms with van der Waals surface area (Å²) in [5, 5.41) is 0.241. The number of benzene rings is 2. The standard InChI is InChI=1S/C19H14ClFN4O/c1-11(12-5-3-2-4-6-12)26-13-7-8-14(15(21)9-13)18-24-16-17(20)22-10-23-19(16)25-18/h2-11H,1H3,(H,22,23,24,25). The minimum atomic E-state index is -0.453. The van der Waals surface area contributed by atoms with E-state index >= 15 is 0 Å². The van der Waals surface area contributed by atoms with Gasteiger partial charge in [0.15, 0.2) is 10.8 Å². The third-order valence-corrected chi connectivity index (χ3v) is 4.31. The molecule has 0 bridgehead atoms. The maximum atomic E-state index is 14.6. The summed E-state index contributed by atoms with van der Waals surface area (Å²) in [6, 6.07) is 14.4. The first-order chi connectivity index (χ1) is 12.6. The predicted molar refractivity (Wildman–Crippen MR) is 97.6 cm³/mol. The molecule has 5 nitrogen and oxygen atoms in total. The summed E-state index contributed by atoms with van der Waals surface area (Å²) in [4.78, 5) is 15.1. The maximum Gasteiger partial charge on any atom is 0.182 e. The van der Waals surface area contributed by atoms with Crippen molar-refractivity contribution < 1.29 is 9.13 Å². The van der Waals surface area contributed by atoms with Gasteiger partial charge in [-0.25, -0.2) is 19.3 Å². The molecule has 0 fully saturated rings. The van der Waals surface area contributed by atoms with Gasteiger partial charge in [-0.3, -0.25) is 0 Å². The van der Waals surface area contributed by atoms with Gasteiger partial charge >= 0.3 is 0 Å². The molecule has 4 rings (SSSR count). The van der Waals surface area contributed by atoms with Crippen LogP contribution in [0.15, 0.2) is 54.9 Å². The monoisotopic (exact) mass is 368 g/mol. The number of nitrogens with zero attached hydrogens (tertiary/aromatic N) is 3. The average Bonchev–Trinajstić information content (AvgIpc) is 3.08. The lowest BCUT2D eigenvalue weighted by Gasteiger charge is -2.15. The van der Waals surface area contributed by atoms with E-state index < -0.39 is 5.82 Å². The zero-order valence-electron chi connectivity index (χ0n) is 13.8. The lowest BCUT2D eigenvalue weighted by molar-refractivity contribution is 0.226. The first-order valence-corrected chi connectivity index (χ1v) is 8.37. The van der Waals surface area contributed by atoms with Crippen LogP contribution in [0.2, 0.25) is 5.15 Å². The van der Waals surface area contributed by atoms with E-state index in [9.17, 15) is 4.39 Å². The van der Waals surface area contributed by atoms with Gasteiger partial charge in [-0.2, -0.15) is 0 Å². The fourth-order valence-corrected chi connectivity index (χ4v) is 2.86. The highest BCUT2D eigenvalue weighted by atomic mass is 35.5. The molecule has 1 atom stereocenters. The van der Waals surface area contributed by atoms with Gasteiger partial charge in [-0.05, 0) is 24.6 Å². The number of rotatable bonds is 4. The highest BCUT2D eigenvalue weighted by Crippen LogP contribution is 2.29.